The van der Waals surface area contributed by atoms with Crippen LogP contribution < -0.4 is 21.3 Å². The maximum absolute atomic E-state index is 14.6. The van der Waals surface area contributed by atoms with Crippen LogP contribution in [0.5, 0.6) is 0 Å². The van der Waals surface area contributed by atoms with Crippen LogP contribution in [0.15, 0.2) is 0 Å². The minimum atomic E-state index is -1.56. The molecule has 0 aliphatic carbocycles. The van der Waals surface area contributed by atoms with E-state index in [1.165, 1.54) is 70.6 Å². The number of carbonyl (C=O) groups excluding carboxylic acids is 10. The molecule has 3 rings (SSSR count). The van der Waals surface area contributed by atoms with Gasteiger partial charge in [-0.05, 0) is 103 Å². The molecule has 0 unspecified atom stereocenters. The Hall–Kier alpha value is -5.38. The highest BCUT2D eigenvalue weighted by Crippen LogP contribution is 2.26. The van der Waals surface area contributed by atoms with Gasteiger partial charge >= 0.3 is 0 Å². The lowest BCUT2D eigenvalue weighted by Crippen LogP contribution is -2.63. The van der Waals surface area contributed by atoms with Crippen LogP contribution in [0.25, 0.3) is 0 Å². The lowest BCUT2D eigenvalue weighted by molar-refractivity contribution is -0.152. The van der Waals surface area contributed by atoms with E-state index in [1.807, 2.05) is 55.4 Å². The van der Waals surface area contributed by atoms with Gasteiger partial charge in [0.15, 0.2) is 0 Å². The Kier molecular flexibility index (Phi) is 23.3. The second kappa shape index (κ2) is 27.4. The topological polar surface area (TPSA) is 279 Å². The number of likely N-dealkylation sites (N-methyl/N-ethyl adjacent to an activating group) is 4. The summed E-state index contributed by atoms with van der Waals surface area (Å²) in [5, 5.41) is 33.3. The van der Waals surface area contributed by atoms with Gasteiger partial charge in [-0.25, -0.2) is 0 Å². The summed E-state index contributed by atoms with van der Waals surface area (Å²) >= 11 is 0. The molecule has 3 aliphatic heterocycles. The first-order chi connectivity index (χ1) is 34.3. The lowest BCUT2D eigenvalue weighted by Gasteiger charge is -2.37. The highest BCUT2D eigenvalue weighted by atomic mass is 16.3. The second-order valence-corrected chi connectivity index (χ2v) is 22.7. The van der Waals surface area contributed by atoms with E-state index in [-0.39, 0.29) is 75.3 Å². The predicted octanol–water partition coefficient (Wildman–Crippen LogP) is 0.215. The monoisotopic (exact) mass is 1050 g/mol. The van der Waals surface area contributed by atoms with E-state index in [2.05, 4.69) is 21.3 Å². The summed E-state index contributed by atoms with van der Waals surface area (Å²) in [5.74, 6) is -7.45. The molecule has 0 saturated carbocycles. The molecule has 3 fully saturated rings. The molecule has 420 valence electrons. The molecule has 3 saturated heterocycles. The Balaban J connectivity index is 2.20. The molecule has 6 N–H and O–H groups in total. The van der Waals surface area contributed by atoms with Gasteiger partial charge < -0.3 is 60.9 Å². The van der Waals surface area contributed by atoms with Gasteiger partial charge in [0.2, 0.25) is 59.1 Å². The smallest absolute Gasteiger partial charge is 0.246 e. The summed E-state index contributed by atoms with van der Waals surface area (Å²) in [6.07, 6.45) is -1.16. The van der Waals surface area contributed by atoms with Crippen molar-refractivity contribution in [2.24, 2.45) is 23.7 Å². The molecule has 0 radical (unpaired) electrons. The predicted molar refractivity (Wildman–Crippen MR) is 276 cm³/mol. The van der Waals surface area contributed by atoms with E-state index < -0.39 is 132 Å². The Morgan fingerprint density at radius 3 is 0.973 bits per heavy atom. The maximum atomic E-state index is 14.6. The maximum Gasteiger partial charge on any atom is 0.246 e. The number of nitrogens with one attached hydrogen (secondary N) is 4. The van der Waals surface area contributed by atoms with Crippen LogP contribution in [0.3, 0.4) is 0 Å². The van der Waals surface area contributed by atoms with Crippen molar-refractivity contribution in [2.75, 3.05) is 41.3 Å². The van der Waals surface area contributed by atoms with Crippen molar-refractivity contribution in [3.63, 3.8) is 0 Å². The van der Waals surface area contributed by atoms with E-state index in [0.29, 0.717) is 12.8 Å². The highest BCUT2D eigenvalue weighted by molar-refractivity contribution is 6.00. The SMILES string of the molecule is CC(C)C[C@@H]1NC(=O)[C@H](C)N(C)C(=O)[C@H]2CCCN2C(=O)[C@H](CC(C)C)NC(=O)[C@H](C)N(C)C(=O)[C@H](CC(C)C)NC(=O)[C@H]([C@@H](C)O)N(C)C(=O)[C@H]2CCCN2C(=O)[C@H](CC(C)C)NC(=O)[C@H]([C@@H](C)O)N(C)C1=O. The molecule has 0 aromatic heterocycles. The Morgan fingerprint density at radius 2 is 0.662 bits per heavy atom. The summed E-state index contributed by atoms with van der Waals surface area (Å²) < 4.78 is 0. The van der Waals surface area contributed by atoms with Gasteiger partial charge in [-0.2, -0.15) is 0 Å². The fraction of sp³-hybridized carbons (Fsp3) is 0.808. The summed E-state index contributed by atoms with van der Waals surface area (Å²) in [5.41, 5.74) is 0. The molecule has 74 heavy (non-hydrogen) atoms. The van der Waals surface area contributed by atoms with Crippen LogP contribution >= 0.6 is 0 Å². The third-order valence-corrected chi connectivity index (χ3v) is 14.5. The first-order valence-electron chi connectivity index (χ1n) is 26.6. The van der Waals surface area contributed by atoms with Crippen LogP contribution in [0.2, 0.25) is 0 Å². The molecular formula is C52H90N10O12. The van der Waals surface area contributed by atoms with Crippen LogP contribution in [0.1, 0.15) is 134 Å². The number of aliphatic hydroxyl groups excluding tert-OH is 2. The molecule has 0 aromatic carbocycles. The van der Waals surface area contributed by atoms with Crippen molar-refractivity contribution in [3.8, 4) is 0 Å². The van der Waals surface area contributed by atoms with Gasteiger partial charge in [0, 0.05) is 41.3 Å². The minimum absolute atomic E-state index is 0.0994. The number of hydrogen-bond acceptors (Lipinski definition) is 12. The van der Waals surface area contributed by atoms with Crippen LogP contribution in [0.4, 0.5) is 0 Å². The summed E-state index contributed by atoms with van der Waals surface area (Å²) in [6.45, 7) is 20.6. The van der Waals surface area contributed by atoms with Gasteiger partial charge in [0.1, 0.15) is 60.4 Å². The van der Waals surface area contributed by atoms with Gasteiger partial charge in [-0.1, -0.05) is 55.4 Å². The molecular weight excluding hydrogens is 957 g/mol. The number of rotatable bonds is 10. The summed E-state index contributed by atoms with van der Waals surface area (Å²) in [4.78, 5) is 151. The van der Waals surface area contributed by atoms with Crippen molar-refractivity contribution in [2.45, 2.75) is 207 Å². The van der Waals surface area contributed by atoms with Crippen molar-refractivity contribution in [1.82, 2.24) is 50.7 Å². The first-order valence-corrected chi connectivity index (χ1v) is 26.6. The molecule has 10 amide bonds. The zero-order valence-corrected chi connectivity index (χ0v) is 47.0. The van der Waals surface area contributed by atoms with E-state index in [9.17, 15) is 58.2 Å². The van der Waals surface area contributed by atoms with Gasteiger partial charge in [0.05, 0.1) is 12.2 Å². The fourth-order valence-electron chi connectivity index (χ4n) is 10.3. The van der Waals surface area contributed by atoms with Gasteiger partial charge in [-0.3, -0.25) is 47.9 Å². The zero-order chi connectivity index (χ0) is 56.4. The summed E-state index contributed by atoms with van der Waals surface area (Å²) in [7, 11) is 5.43. The van der Waals surface area contributed by atoms with Crippen molar-refractivity contribution in [1.29, 1.82) is 0 Å². The second-order valence-electron chi connectivity index (χ2n) is 22.7. The fourth-order valence-corrected chi connectivity index (χ4v) is 10.3. The van der Waals surface area contributed by atoms with Gasteiger partial charge in [0.25, 0.3) is 0 Å². The highest BCUT2D eigenvalue weighted by Gasteiger charge is 2.46. The number of hydrogen-bond donors (Lipinski definition) is 6. The van der Waals surface area contributed by atoms with E-state index in [1.54, 1.807) is 0 Å². The van der Waals surface area contributed by atoms with Crippen molar-refractivity contribution < 1.29 is 58.2 Å². The van der Waals surface area contributed by atoms with E-state index in [0.717, 1.165) is 14.7 Å². The Bertz CT molecular complexity index is 2020. The summed E-state index contributed by atoms with van der Waals surface area (Å²) in [6, 6.07) is -12.4. The third-order valence-electron chi connectivity index (χ3n) is 14.5. The average Bonchev–Trinajstić information content (AvgIpc) is 4.01. The standard InChI is InChI=1S/C52H90N10O12/c1-27(2)23-35-47(69)57(13)31(9)43(65)54-37(25-29(5)6)49(71)61-21-17-19-39(61)51(73)58(14)32(10)44(66)53-36(24-28(3)4)48(70)59(15)41(33(11)63)45(67)56-38(26-30(7)8)50(72)62-22-18-20-40(62)52(74)60(16)42(34(12)64)46(68)55-35/h27-42,63-64H,17-26H2,1-16H3,(H,53,66)(H,54,65)(H,55,68)(H,56,67)/t31-,32-,33+,34+,35-,36-,37-,38-,39+,40+,41-,42-/m0/s1. The van der Waals surface area contributed by atoms with Crippen molar-refractivity contribution >= 4 is 59.1 Å². The molecule has 0 spiro atoms. The van der Waals surface area contributed by atoms with Crippen molar-refractivity contribution in [3.05, 3.63) is 0 Å². The zero-order valence-electron chi connectivity index (χ0n) is 47.0. The normalized spacial score (nSPS) is 29.8. The lowest BCUT2D eigenvalue weighted by atomic mass is 9.99. The van der Waals surface area contributed by atoms with Crippen LogP contribution in [-0.4, -0.2) is 213 Å². The molecule has 3 heterocycles. The van der Waals surface area contributed by atoms with Gasteiger partial charge in [-0.15, -0.1) is 0 Å². The molecule has 3 aliphatic rings. The van der Waals surface area contributed by atoms with Crippen LogP contribution in [0, 0.1) is 23.7 Å². The molecule has 0 bridgehead atoms. The Morgan fingerprint density at radius 1 is 0.405 bits per heavy atom. The van der Waals surface area contributed by atoms with E-state index in [4.69, 9.17) is 0 Å². The number of amides is 10. The van der Waals surface area contributed by atoms with E-state index >= 15 is 0 Å². The number of aliphatic hydroxyl groups is 2. The largest absolute Gasteiger partial charge is 0.391 e. The first kappa shape index (κ1) is 62.9. The molecule has 22 heteroatoms. The molecule has 0 aromatic rings. The number of nitrogens with zero attached hydrogens (tertiary/aromatic N) is 6. The number of fused-ring (bicyclic) bond motifs is 2. The van der Waals surface area contributed by atoms with Crippen LogP contribution in [-0.2, 0) is 47.9 Å². The average molecular weight is 1050 g/mol. The molecule has 22 nitrogen and oxygen atoms in total. The quantitative estimate of drug-likeness (QED) is 0.172. The minimum Gasteiger partial charge on any atom is -0.391 e. The Labute approximate surface area is 438 Å². The number of carbonyl (C=O) groups is 10. The third kappa shape index (κ3) is 15.8. The molecule has 12 atom stereocenters.